The van der Waals surface area contributed by atoms with Crippen LogP contribution in [0.15, 0.2) is 36.7 Å². The van der Waals surface area contributed by atoms with Gasteiger partial charge in [-0.15, -0.1) is 5.10 Å². The second-order valence-electron chi connectivity index (χ2n) is 5.55. The van der Waals surface area contributed by atoms with E-state index in [9.17, 15) is 5.11 Å². The molecule has 0 spiro atoms. The summed E-state index contributed by atoms with van der Waals surface area (Å²) in [4.78, 5) is 10.7. The molecule has 1 aliphatic heterocycles. The molecule has 7 nitrogen and oxygen atoms in total. The Balaban J connectivity index is 1.82. The number of ether oxygens (including phenoxy) is 1. The summed E-state index contributed by atoms with van der Waals surface area (Å²) >= 11 is 0. The van der Waals surface area contributed by atoms with Crippen molar-refractivity contribution >= 4 is 11.5 Å². The molecule has 118 valence electrons. The third kappa shape index (κ3) is 2.39. The van der Waals surface area contributed by atoms with Gasteiger partial charge in [0.05, 0.1) is 30.7 Å². The Kier molecular flexibility index (Phi) is 3.34. The van der Waals surface area contributed by atoms with Crippen molar-refractivity contribution in [2.24, 2.45) is 0 Å². The number of aliphatic hydroxyl groups excluding tert-OH is 1. The van der Waals surface area contributed by atoms with Gasteiger partial charge in [0.2, 0.25) is 5.88 Å². The zero-order valence-electron chi connectivity index (χ0n) is 12.8. The molecule has 0 bridgehead atoms. The maximum absolute atomic E-state index is 9.72. The van der Waals surface area contributed by atoms with E-state index in [0.717, 1.165) is 35.7 Å². The van der Waals surface area contributed by atoms with Crippen molar-refractivity contribution in [1.82, 2.24) is 19.6 Å². The standard InChI is InChI=1S/C16H17N5O2/c1-23-16-12(3-2-7-17-16)13-9-18-14-4-5-15(19-21(13)14)20-8-6-11(22)10-20/h2-5,7,9,11,22H,6,8,10H2,1H3/t11-/m0/s1. The van der Waals surface area contributed by atoms with E-state index in [2.05, 4.69) is 20.0 Å². The predicted octanol–water partition coefficient (Wildman–Crippen LogP) is 1.37. The average Bonchev–Trinajstić information content (AvgIpc) is 3.20. The number of hydrogen-bond donors (Lipinski definition) is 1. The molecule has 7 heteroatoms. The van der Waals surface area contributed by atoms with E-state index in [1.165, 1.54) is 0 Å². The first-order valence-corrected chi connectivity index (χ1v) is 7.53. The number of imidazole rings is 1. The lowest BCUT2D eigenvalue weighted by atomic mass is 10.2. The van der Waals surface area contributed by atoms with Gasteiger partial charge >= 0.3 is 0 Å². The van der Waals surface area contributed by atoms with Crippen LogP contribution in [0.4, 0.5) is 5.82 Å². The van der Waals surface area contributed by atoms with Crippen molar-refractivity contribution in [1.29, 1.82) is 0 Å². The molecule has 3 aromatic rings. The number of β-amino-alcohol motifs (C(OH)–C–C–N with tert-alkyl or cyclic N) is 1. The molecule has 0 radical (unpaired) electrons. The Morgan fingerprint density at radius 1 is 1.26 bits per heavy atom. The lowest BCUT2D eigenvalue weighted by molar-refractivity contribution is 0.198. The molecule has 0 saturated carbocycles. The van der Waals surface area contributed by atoms with Crippen molar-refractivity contribution in [2.45, 2.75) is 12.5 Å². The molecule has 3 aromatic heterocycles. The van der Waals surface area contributed by atoms with Gasteiger partial charge in [-0.2, -0.15) is 0 Å². The maximum atomic E-state index is 9.72. The van der Waals surface area contributed by atoms with Crippen LogP contribution in [0, 0.1) is 0 Å². The van der Waals surface area contributed by atoms with E-state index in [1.807, 2.05) is 24.3 Å². The number of nitrogens with zero attached hydrogens (tertiary/aromatic N) is 5. The number of aliphatic hydroxyl groups is 1. The predicted molar refractivity (Wildman–Crippen MR) is 85.6 cm³/mol. The zero-order valence-corrected chi connectivity index (χ0v) is 12.8. The van der Waals surface area contributed by atoms with Gasteiger partial charge in [0.1, 0.15) is 5.82 Å². The van der Waals surface area contributed by atoms with Crippen LogP contribution in [0.25, 0.3) is 16.9 Å². The normalized spacial score (nSPS) is 17.8. The summed E-state index contributed by atoms with van der Waals surface area (Å²) in [5, 5.41) is 14.4. The van der Waals surface area contributed by atoms with Crippen LogP contribution in [0.1, 0.15) is 6.42 Å². The van der Waals surface area contributed by atoms with Crippen LogP contribution in [-0.2, 0) is 0 Å². The second kappa shape index (κ2) is 5.51. The van der Waals surface area contributed by atoms with Crippen molar-refractivity contribution in [3.05, 3.63) is 36.7 Å². The summed E-state index contributed by atoms with van der Waals surface area (Å²) in [5.74, 6) is 1.37. The number of anilines is 1. The highest BCUT2D eigenvalue weighted by Crippen LogP contribution is 2.28. The molecule has 1 saturated heterocycles. The lowest BCUT2D eigenvalue weighted by Gasteiger charge is -2.16. The van der Waals surface area contributed by atoms with E-state index in [1.54, 1.807) is 24.0 Å². The van der Waals surface area contributed by atoms with Crippen LogP contribution in [0.3, 0.4) is 0 Å². The molecular formula is C16H17N5O2. The van der Waals surface area contributed by atoms with Gasteiger partial charge in [-0.05, 0) is 30.7 Å². The number of rotatable bonds is 3. The first-order valence-electron chi connectivity index (χ1n) is 7.53. The summed E-state index contributed by atoms with van der Waals surface area (Å²) < 4.78 is 7.13. The van der Waals surface area contributed by atoms with Gasteiger partial charge in [0.15, 0.2) is 5.65 Å². The summed E-state index contributed by atoms with van der Waals surface area (Å²) in [6, 6.07) is 7.66. The van der Waals surface area contributed by atoms with E-state index >= 15 is 0 Å². The van der Waals surface area contributed by atoms with Gasteiger partial charge < -0.3 is 14.7 Å². The molecular weight excluding hydrogens is 294 g/mol. The average molecular weight is 311 g/mol. The minimum Gasteiger partial charge on any atom is -0.481 e. The fourth-order valence-corrected chi connectivity index (χ4v) is 2.91. The fraction of sp³-hybridized carbons (Fsp3) is 0.312. The van der Waals surface area contributed by atoms with Crippen LogP contribution in [0.5, 0.6) is 5.88 Å². The topological polar surface area (TPSA) is 75.8 Å². The van der Waals surface area contributed by atoms with Gasteiger partial charge in [-0.3, -0.25) is 0 Å². The van der Waals surface area contributed by atoms with Crippen molar-refractivity contribution in [3.63, 3.8) is 0 Å². The molecule has 0 unspecified atom stereocenters. The van der Waals surface area contributed by atoms with Crippen LogP contribution in [-0.4, -0.2) is 51.0 Å². The van der Waals surface area contributed by atoms with Crippen LogP contribution in [0.2, 0.25) is 0 Å². The highest BCUT2D eigenvalue weighted by molar-refractivity contribution is 5.68. The first-order chi connectivity index (χ1) is 11.3. The quantitative estimate of drug-likeness (QED) is 0.787. The molecule has 1 atom stereocenters. The molecule has 0 aliphatic carbocycles. The second-order valence-corrected chi connectivity index (χ2v) is 5.55. The van der Waals surface area contributed by atoms with Gasteiger partial charge in [0.25, 0.3) is 0 Å². The highest BCUT2D eigenvalue weighted by atomic mass is 16.5. The summed E-state index contributed by atoms with van der Waals surface area (Å²) in [6.07, 6.45) is 3.95. The number of aromatic nitrogens is 4. The van der Waals surface area contributed by atoms with Crippen LogP contribution < -0.4 is 9.64 Å². The van der Waals surface area contributed by atoms with Crippen LogP contribution >= 0.6 is 0 Å². The highest BCUT2D eigenvalue weighted by Gasteiger charge is 2.22. The van der Waals surface area contributed by atoms with E-state index in [-0.39, 0.29) is 6.10 Å². The SMILES string of the molecule is COc1ncccc1-c1cnc2ccc(N3CC[C@H](O)C3)nn12. The fourth-order valence-electron chi connectivity index (χ4n) is 2.91. The Morgan fingerprint density at radius 3 is 2.96 bits per heavy atom. The molecule has 23 heavy (non-hydrogen) atoms. The zero-order chi connectivity index (χ0) is 15.8. The minimum atomic E-state index is -0.284. The van der Waals surface area contributed by atoms with E-state index < -0.39 is 0 Å². The molecule has 1 fully saturated rings. The van der Waals surface area contributed by atoms with Gasteiger partial charge in [-0.25, -0.2) is 14.5 Å². The number of hydrogen-bond acceptors (Lipinski definition) is 6. The number of fused-ring (bicyclic) bond motifs is 1. The summed E-state index contributed by atoms with van der Waals surface area (Å²) in [6.45, 7) is 1.42. The number of pyridine rings is 1. The van der Waals surface area contributed by atoms with E-state index in [0.29, 0.717) is 12.4 Å². The van der Waals surface area contributed by atoms with Gasteiger partial charge in [-0.1, -0.05) is 0 Å². The molecule has 4 rings (SSSR count). The summed E-state index contributed by atoms with van der Waals surface area (Å²) in [7, 11) is 1.60. The lowest BCUT2D eigenvalue weighted by Crippen LogP contribution is -2.22. The van der Waals surface area contributed by atoms with Gasteiger partial charge in [0, 0.05) is 19.3 Å². The molecule has 1 aliphatic rings. The van der Waals surface area contributed by atoms with Crippen molar-refractivity contribution in [2.75, 3.05) is 25.1 Å². The Bertz CT molecular complexity index is 847. The third-order valence-electron chi connectivity index (χ3n) is 4.08. The number of methoxy groups -OCH3 is 1. The first kappa shape index (κ1) is 14.0. The Labute approximate surface area is 133 Å². The molecule has 1 N–H and O–H groups in total. The maximum Gasteiger partial charge on any atom is 0.222 e. The monoisotopic (exact) mass is 311 g/mol. The Morgan fingerprint density at radius 2 is 2.17 bits per heavy atom. The van der Waals surface area contributed by atoms with E-state index in [4.69, 9.17) is 4.74 Å². The molecule has 4 heterocycles. The Hall–Kier alpha value is -2.67. The van der Waals surface area contributed by atoms with Crippen molar-refractivity contribution < 1.29 is 9.84 Å². The third-order valence-corrected chi connectivity index (χ3v) is 4.08. The largest absolute Gasteiger partial charge is 0.481 e. The minimum absolute atomic E-state index is 0.284. The summed E-state index contributed by atoms with van der Waals surface area (Å²) in [5.41, 5.74) is 2.43. The molecule has 0 aromatic carbocycles. The smallest absolute Gasteiger partial charge is 0.222 e. The van der Waals surface area contributed by atoms with Crippen molar-refractivity contribution in [3.8, 4) is 17.1 Å². The molecule has 0 amide bonds.